The third-order valence-corrected chi connectivity index (χ3v) is 2.37. The fourth-order valence-corrected chi connectivity index (χ4v) is 1.60. The van der Waals surface area contributed by atoms with Crippen LogP contribution in [0.5, 0.6) is 5.75 Å². The molecule has 0 aliphatic heterocycles. The molecule has 0 amide bonds. The lowest BCUT2D eigenvalue weighted by molar-refractivity contribution is 0.103. The summed E-state index contributed by atoms with van der Waals surface area (Å²) in [6, 6.07) is 7.96. The van der Waals surface area contributed by atoms with E-state index < -0.39 is 5.82 Å². The summed E-state index contributed by atoms with van der Waals surface area (Å²) in [5.41, 5.74) is 0.678. The van der Waals surface area contributed by atoms with Crippen molar-refractivity contribution in [2.45, 2.75) is 6.92 Å². The van der Waals surface area contributed by atoms with E-state index in [1.165, 1.54) is 12.3 Å². The number of benzene rings is 1. The zero-order valence-corrected chi connectivity index (χ0v) is 9.89. The van der Waals surface area contributed by atoms with Crippen molar-refractivity contribution in [2.24, 2.45) is 0 Å². The van der Waals surface area contributed by atoms with Gasteiger partial charge in [-0.3, -0.25) is 9.78 Å². The van der Waals surface area contributed by atoms with E-state index in [2.05, 4.69) is 4.98 Å². The summed E-state index contributed by atoms with van der Waals surface area (Å²) in [4.78, 5) is 15.8. The van der Waals surface area contributed by atoms with Gasteiger partial charge in [0.05, 0.1) is 12.8 Å². The standard InChI is InChI=1S/C14H12FNO2/c1-2-18-13-5-3-4-10(7-13)14(17)11-6-12(15)9-16-8-11/h3-9H,2H2,1H3. The fourth-order valence-electron chi connectivity index (χ4n) is 1.60. The number of carbonyl (C=O) groups excluding carboxylic acids is 1. The maximum Gasteiger partial charge on any atom is 0.194 e. The first-order chi connectivity index (χ1) is 8.70. The molecule has 1 heterocycles. The SMILES string of the molecule is CCOc1cccc(C(=O)c2cncc(F)c2)c1. The lowest BCUT2D eigenvalue weighted by atomic mass is 10.0. The molecule has 1 aromatic heterocycles. The molecule has 4 heteroatoms. The van der Waals surface area contributed by atoms with E-state index in [-0.39, 0.29) is 11.3 Å². The Balaban J connectivity index is 2.31. The minimum Gasteiger partial charge on any atom is -0.494 e. The van der Waals surface area contributed by atoms with Crippen LogP contribution in [-0.4, -0.2) is 17.4 Å². The van der Waals surface area contributed by atoms with Crippen LogP contribution >= 0.6 is 0 Å². The Labute approximate surface area is 104 Å². The van der Waals surface area contributed by atoms with Gasteiger partial charge in [0.1, 0.15) is 11.6 Å². The van der Waals surface area contributed by atoms with E-state index in [1.807, 2.05) is 6.92 Å². The van der Waals surface area contributed by atoms with E-state index in [4.69, 9.17) is 4.74 Å². The van der Waals surface area contributed by atoms with Gasteiger partial charge in [0, 0.05) is 17.3 Å². The number of halogens is 1. The number of hydrogen-bond acceptors (Lipinski definition) is 3. The molecule has 0 saturated heterocycles. The predicted octanol–water partition coefficient (Wildman–Crippen LogP) is 2.85. The number of ether oxygens (including phenoxy) is 1. The molecule has 0 radical (unpaired) electrons. The van der Waals surface area contributed by atoms with Crippen molar-refractivity contribution in [3.8, 4) is 5.75 Å². The van der Waals surface area contributed by atoms with Gasteiger partial charge in [-0.05, 0) is 25.1 Å². The molecule has 0 N–H and O–H groups in total. The largest absolute Gasteiger partial charge is 0.494 e. The van der Waals surface area contributed by atoms with Crippen molar-refractivity contribution >= 4 is 5.78 Å². The van der Waals surface area contributed by atoms with Crippen LogP contribution in [0.4, 0.5) is 4.39 Å². The van der Waals surface area contributed by atoms with Crippen LogP contribution < -0.4 is 4.74 Å². The van der Waals surface area contributed by atoms with Crippen molar-refractivity contribution in [3.63, 3.8) is 0 Å². The van der Waals surface area contributed by atoms with E-state index >= 15 is 0 Å². The summed E-state index contributed by atoms with van der Waals surface area (Å²) >= 11 is 0. The first kappa shape index (κ1) is 12.2. The fraction of sp³-hybridized carbons (Fsp3) is 0.143. The Hall–Kier alpha value is -2.23. The van der Waals surface area contributed by atoms with Crippen molar-refractivity contribution in [2.75, 3.05) is 6.61 Å². The molecule has 0 aliphatic carbocycles. The Morgan fingerprint density at radius 3 is 2.83 bits per heavy atom. The van der Waals surface area contributed by atoms with Gasteiger partial charge >= 0.3 is 0 Å². The normalized spacial score (nSPS) is 10.1. The molecule has 0 atom stereocenters. The van der Waals surface area contributed by atoms with E-state index in [1.54, 1.807) is 24.3 Å². The lowest BCUT2D eigenvalue weighted by Gasteiger charge is -2.05. The van der Waals surface area contributed by atoms with Gasteiger partial charge in [-0.25, -0.2) is 4.39 Å². The molecule has 1 aromatic carbocycles. The molecule has 92 valence electrons. The summed E-state index contributed by atoms with van der Waals surface area (Å²) in [5.74, 6) is -0.182. The number of ketones is 1. The van der Waals surface area contributed by atoms with Crippen molar-refractivity contribution in [1.29, 1.82) is 0 Å². The van der Waals surface area contributed by atoms with Gasteiger partial charge in [-0.15, -0.1) is 0 Å². The first-order valence-electron chi connectivity index (χ1n) is 5.59. The van der Waals surface area contributed by atoms with E-state index in [0.717, 1.165) is 6.20 Å². The minimum absolute atomic E-state index is 0.226. The number of pyridine rings is 1. The highest BCUT2D eigenvalue weighted by atomic mass is 19.1. The van der Waals surface area contributed by atoms with Gasteiger partial charge in [0.25, 0.3) is 0 Å². The second-order valence-electron chi connectivity index (χ2n) is 3.68. The second-order valence-corrected chi connectivity index (χ2v) is 3.68. The van der Waals surface area contributed by atoms with Crippen LogP contribution in [0.2, 0.25) is 0 Å². The molecular weight excluding hydrogens is 233 g/mol. The average Bonchev–Trinajstić information content (AvgIpc) is 2.39. The molecule has 2 aromatic rings. The molecule has 0 saturated carbocycles. The van der Waals surface area contributed by atoms with Gasteiger partial charge in [-0.1, -0.05) is 12.1 Å². The molecule has 0 unspecified atom stereocenters. The van der Waals surface area contributed by atoms with Crippen LogP contribution in [-0.2, 0) is 0 Å². The van der Waals surface area contributed by atoms with Crippen LogP contribution in [0, 0.1) is 5.82 Å². The van der Waals surface area contributed by atoms with Gasteiger partial charge < -0.3 is 4.74 Å². The van der Waals surface area contributed by atoms with Crippen LogP contribution in [0.3, 0.4) is 0 Å². The molecule has 0 bridgehead atoms. The zero-order valence-electron chi connectivity index (χ0n) is 9.89. The Bertz CT molecular complexity index is 569. The second kappa shape index (κ2) is 5.40. The number of rotatable bonds is 4. The monoisotopic (exact) mass is 245 g/mol. The number of hydrogen-bond donors (Lipinski definition) is 0. The summed E-state index contributed by atoms with van der Waals surface area (Å²) in [6.07, 6.45) is 2.41. The van der Waals surface area contributed by atoms with Crippen LogP contribution in [0.25, 0.3) is 0 Å². The molecule has 3 nitrogen and oxygen atoms in total. The number of nitrogens with zero attached hydrogens (tertiary/aromatic N) is 1. The number of aromatic nitrogens is 1. The average molecular weight is 245 g/mol. The number of carbonyl (C=O) groups is 1. The van der Waals surface area contributed by atoms with Crippen LogP contribution in [0.15, 0.2) is 42.7 Å². The smallest absolute Gasteiger partial charge is 0.194 e. The highest BCUT2D eigenvalue weighted by molar-refractivity contribution is 6.08. The molecule has 18 heavy (non-hydrogen) atoms. The molecule has 0 fully saturated rings. The minimum atomic E-state index is -0.526. The molecule has 0 aliphatic rings. The van der Waals surface area contributed by atoms with Gasteiger partial charge in [0.2, 0.25) is 0 Å². The third kappa shape index (κ3) is 2.71. The topological polar surface area (TPSA) is 39.2 Å². The Morgan fingerprint density at radius 1 is 1.28 bits per heavy atom. The van der Waals surface area contributed by atoms with Crippen LogP contribution in [0.1, 0.15) is 22.8 Å². The maximum absolute atomic E-state index is 13.0. The zero-order chi connectivity index (χ0) is 13.0. The third-order valence-electron chi connectivity index (χ3n) is 2.37. The van der Waals surface area contributed by atoms with Crippen molar-refractivity contribution in [1.82, 2.24) is 4.98 Å². The molecule has 2 rings (SSSR count). The molecule has 0 spiro atoms. The van der Waals surface area contributed by atoms with Crippen molar-refractivity contribution in [3.05, 3.63) is 59.7 Å². The summed E-state index contributed by atoms with van der Waals surface area (Å²) in [5, 5.41) is 0. The van der Waals surface area contributed by atoms with E-state index in [9.17, 15) is 9.18 Å². The predicted molar refractivity (Wildman–Crippen MR) is 65.2 cm³/mol. The summed E-state index contributed by atoms with van der Waals surface area (Å²) in [6.45, 7) is 2.39. The highest BCUT2D eigenvalue weighted by Gasteiger charge is 2.11. The van der Waals surface area contributed by atoms with Gasteiger partial charge in [-0.2, -0.15) is 0 Å². The van der Waals surface area contributed by atoms with Gasteiger partial charge in [0.15, 0.2) is 5.78 Å². The van der Waals surface area contributed by atoms with Crippen molar-refractivity contribution < 1.29 is 13.9 Å². The lowest BCUT2D eigenvalue weighted by Crippen LogP contribution is -2.03. The summed E-state index contributed by atoms with van der Waals surface area (Å²) in [7, 11) is 0. The maximum atomic E-state index is 13.0. The summed E-state index contributed by atoms with van der Waals surface area (Å²) < 4.78 is 18.3. The first-order valence-corrected chi connectivity index (χ1v) is 5.59. The Morgan fingerprint density at radius 2 is 2.11 bits per heavy atom. The van der Waals surface area contributed by atoms with E-state index in [0.29, 0.717) is 17.9 Å². The molecular formula is C14H12FNO2. The Kier molecular flexibility index (Phi) is 3.67. The quantitative estimate of drug-likeness (QED) is 0.777. The highest BCUT2D eigenvalue weighted by Crippen LogP contribution is 2.16.